The van der Waals surface area contributed by atoms with Crippen molar-refractivity contribution in [1.82, 2.24) is 9.97 Å². The van der Waals surface area contributed by atoms with E-state index in [4.69, 9.17) is 13.9 Å². The van der Waals surface area contributed by atoms with E-state index in [-0.39, 0.29) is 31.6 Å². The molecule has 0 saturated carbocycles. The van der Waals surface area contributed by atoms with Crippen LogP contribution in [-0.4, -0.2) is 20.9 Å². The average Bonchev–Trinajstić information content (AvgIpc) is 3.44. The molecule has 6 nitrogen and oxygen atoms in total. The van der Waals surface area contributed by atoms with Gasteiger partial charge >= 0.3 is 0 Å². The number of aliphatic hydroxyl groups is 1. The summed E-state index contributed by atoms with van der Waals surface area (Å²) in [4.78, 5) is 19.2. The maximum Gasteiger partial charge on any atom is 0.216 e. The number of carbonyl (C=O) groups excluding carboxylic acids is 1. The van der Waals surface area contributed by atoms with Crippen molar-refractivity contribution in [3.05, 3.63) is 96.5 Å². The van der Waals surface area contributed by atoms with Gasteiger partial charge < -0.3 is 18.9 Å². The molecule has 7 heteroatoms. The molecule has 0 unspecified atom stereocenters. The Bertz CT molecular complexity index is 1750. The van der Waals surface area contributed by atoms with Crippen LogP contribution in [-0.2, 0) is 24.9 Å². The van der Waals surface area contributed by atoms with Crippen LogP contribution in [0.3, 0.4) is 0 Å². The zero-order valence-corrected chi connectivity index (χ0v) is 22.8. The summed E-state index contributed by atoms with van der Waals surface area (Å²) in [5, 5.41) is 11.3. The number of fused-ring (bicyclic) bond motifs is 4. The van der Waals surface area contributed by atoms with Crippen LogP contribution in [0.2, 0.25) is 0 Å². The fourth-order valence-corrected chi connectivity index (χ4v) is 4.01. The molecule has 0 atom stereocenters. The van der Waals surface area contributed by atoms with Crippen LogP contribution in [0, 0.1) is 13.0 Å². The monoisotopic (exact) mass is 668 g/mol. The van der Waals surface area contributed by atoms with Gasteiger partial charge in [-0.25, -0.2) is 4.98 Å². The first kappa shape index (κ1) is 26.0. The largest absolute Gasteiger partial charge is 0.512 e. The van der Waals surface area contributed by atoms with Crippen LogP contribution in [0.1, 0.15) is 19.5 Å². The zero-order valence-electron chi connectivity index (χ0n) is 20.4. The van der Waals surface area contributed by atoms with E-state index in [1.165, 1.54) is 19.9 Å². The number of nitrogens with zero attached hydrogens (tertiary/aromatic N) is 2. The number of carbonyl (C=O) groups is 1. The Balaban J connectivity index is 0.000000356. The summed E-state index contributed by atoms with van der Waals surface area (Å²) in [5.41, 5.74) is 5.67. The Morgan fingerprint density at radius 3 is 2.49 bits per heavy atom. The standard InChI is InChI=1S/C25H15N2O2.C5H8O2.Ir/c1-15-10-11-19-18-8-5-9-20(24(18)29-25(19)27-15)21-13-23-17(14-26-21)12-22(28-23)16-6-3-2-4-7-16;1-4(6)3-5(2)7;/h2-8,10-14H,1H3;3,6H,1-2H3;/q-1;;/b;4-3-;. The third-order valence-corrected chi connectivity index (χ3v) is 5.57. The van der Waals surface area contributed by atoms with Gasteiger partial charge in [-0.1, -0.05) is 41.3 Å². The second-order valence-corrected chi connectivity index (χ2v) is 8.48. The van der Waals surface area contributed by atoms with E-state index >= 15 is 0 Å². The van der Waals surface area contributed by atoms with Crippen LogP contribution >= 0.6 is 0 Å². The van der Waals surface area contributed by atoms with E-state index in [0.29, 0.717) is 5.71 Å². The van der Waals surface area contributed by atoms with Gasteiger partial charge in [0, 0.05) is 54.4 Å². The Morgan fingerprint density at radius 1 is 1.00 bits per heavy atom. The molecule has 0 aliphatic heterocycles. The second-order valence-electron chi connectivity index (χ2n) is 8.48. The minimum absolute atomic E-state index is 0. The first-order valence-corrected chi connectivity index (χ1v) is 11.4. The number of hydrogen-bond donors (Lipinski definition) is 1. The van der Waals surface area contributed by atoms with E-state index in [1.54, 1.807) is 0 Å². The number of allylic oxidation sites excluding steroid dienone is 2. The number of ketones is 1. The van der Waals surface area contributed by atoms with Crippen LogP contribution in [0.5, 0.6) is 0 Å². The van der Waals surface area contributed by atoms with Gasteiger partial charge in [-0.3, -0.25) is 4.79 Å². The normalized spacial score (nSPS) is 11.3. The van der Waals surface area contributed by atoms with Crippen molar-refractivity contribution in [2.75, 3.05) is 0 Å². The molecule has 187 valence electrons. The van der Waals surface area contributed by atoms with E-state index in [2.05, 4.69) is 16.0 Å². The van der Waals surface area contributed by atoms with E-state index in [9.17, 15) is 4.79 Å². The van der Waals surface area contributed by atoms with E-state index in [0.717, 1.165) is 55.6 Å². The van der Waals surface area contributed by atoms with Gasteiger partial charge in [-0.15, -0.1) is 18.2 Å². The summed E-state index contributed by atoms with van der Waals surface area (Å²) in [6.07, 6.45) is 3.00. The molecular weight excluding hydrogens is 645 g/mol. The molecule has 0 bridgehead atoms. The molecule has 4 aromatic heterocycles. The Kier molecular flexibility index (Phi) is 7.67. The molecule has 1 N–H and O–H groups in total. The maximum atomic E-state index is 10.0. The summed E-state index contributed by atoms with van der Waals surface area (Å²) in [5.74, 6) is 0.762. The predicted molar refractivity (Wildman–Crippen MR) is 141 cm³/mol. The average molecular weight is 668 g/mol. The molecule has 0 saturated heterocycles. The molecule has 6 rings (SSSR count). The molecule has 0 aliphatic carbocycles. The van der Waals surface area contributed by atoms with Gasteiger partial charge in [0.05, 0.1) is 11.3 Å². The first-order valence-electron chi connectivity index (χ1n) is 11.4. The summed E-state index contributed by atoms with van der Waals surface area (Å²) < 4.78 is 12.2. The number of rotatable bonds is 3. The summed E-state index contributed by atoms with van der Waals surface area (Å²) in [6.45, 7) is 4.80. The number of furan rings is 2. The van der Waals surface area contributed by atoms with Crippen molar-refractivity contribution >= 4 is 38.8 Å². The molecule has 0 spiro atoms. The summed E-state index contributed by atoms with van der Waals surface area (Å²) >= 11 is 0. The van der Waals surface area contributed by atoms with Crippen molar-refractivity contribution in [3.63, 3.8) is 0 Å². The van der Waals surface area contributed by atoms with Crippen molar-refractivity contribution in [1.29, 1.82) is 0 Å². The quantitative estimate of drug-likeness (QED) is 0.119. The minimum atomic E-state index is -0.125. The molecule has 2 aromatic carbocycles. The smallest absolute Gasteiger partial charge is 0.216 e. The van der Waals surface area contributed by atoms with Crippen LogP contribution in [0.4, 0.5) is 0 Å². The van der Waals surface area contributed by atoms with Gasteiger partial charge in [0.1, 0.15) is 11.3 Å². The fraction of sp³-hybridized carbons (Fsp3) is 0.100. The fourth-order valence-electron chi connectivity index (χ4n) is 4.01. The number of aryl methyl sites for hydroxylation is 1. The van der Waals surface area contributed by atoms with Crippen LogP contribution < -0.4 is 0 Å². The SMILES string of the molecule is CC(=O)/C=C(/C)O.Cc1ccc2c(n1)oc1c(-c3cc4oc(-c5ccccc5)cc4cn3)[c-]ccc12.[Ir]. The maximum absolute atomic E-state index is 10.0. The second kappa shape index (κ2) is 10.9. The molecule has 1 radical (unpaired) electrons. The molecule has 0 fully saturated rings. The molecule has 0 amide bonds. The van der Waals surface area contributed by atoms with Crippen molar-refractivity contribution in [3.8, 4) is 22.6 Å². The molecule has 4 heterocycles. The topological polar surface area (TPSA) is 89.4 Å². The number of pyridine rings is 2. The van der Waals surface area contributed by atoms with Gasteiger partial charge in [0.2, 0.25) is 5.71 Å². The summed E-state index contributed by atoms with van der Waals surface area (Å²) in [7, 11) is 0. The van der Waals surface area contributed by atoms with E-state index < -0.39 is 0 Å². The van der Waals surface area contributed by atoms with Crippen molar-refractivity contribution in [2.45, 2.75) is 20.8 Å². The Labute approximate surface area is 227 Å². The third-order valence-electron chi connectivity index (χ3n) is 5.57. The van der Waals surface area contributed by atoms with Crippen molar-refractivity contribution < 1.29 is 38.8 Å². The number of aromatic nitrogens is 2. The number of benzene rings is 2. The number of hydrogen-bond acceptors (Lipinski definition) is 6. The van der Waals surface area contributed by atoms with E-state index in [1.807, 2.05) is 79.9 Å². The van der Waals surface area contributed by atoms with Crippen LogP contribution in [0.15, 0.2) is 93.6 Å². The van der Waals surface area contributed by atoms with Gasteiger partial charge in [0.25, 0.3) is 0 Å². The Morgan fingerprint density at radius 2 is 1.78 bits per heavy atom. The van der Waals surface area contributed by atoms with Gasteiger partial charge in [-0.05, 0) is 50.7 Å². The third kappa shape index (κ3) is 5.53. The first-order chi connectivity index (χ1) is 17.4. The molecular formula is C30H23IrN2O4-. The number of aliphatic hydroxyl groups excluding tert-OH is 1. The minimum Gasteiger partial charge on any atom is -0.512 e. The van der Waals surface area contributed by atoms with Gasteiger partial charge in [0.15, 0.2) is 5.78 Å². The predicted octanol–water partition coefficient (Wildman–Crippen LogP) is 7.60. The van der Waals surface area contributed by atoms with Crippen LogP contribution in [0.25, 0.3) is 55.6 Å². The van der Waals surface area contributed by atoms with Gasteiger partial charge in [-0.2, -0.15) is 0 Å². The van der Waals surface area contributed by atoms with Crippen molar-refractivity contribution in [2.24, 2.45) is 0 Å². The Hall–Kier alpha value is -4.06. The zero-order chi connectivity index (χ0) is 25.2. The summed E-state index contributed by atoms with van der Waals surface area (Å²) in [6, 6.07) is 25.2. The molecule has 6 aromatic rings. The molecule has 37 heavy (non-hydrogen) atoms. The molecule has 0 aliphatic rings.